The van der Waals surface area contributed by atoms with Gasteiger partial charge in [0.25, 0.3) is 5.91 Å². The van der Waals surface area contributed by atoms with Gasteiger partial charge in [0.1, 0.15) is 11.8 Å². The number of carbonyl (C=O) groups excluding carboxylic acids is 2. The van der Waals surface area contributed by atoms with Crippen LogP contribution in [0.25, 0.3) is 0 Å². The molecule has 0 aliphatic carbocycles. The average Bonchev–Trinajstić information content (AvgIpc) is 2.88. The normalized spacial score (nSPS) is 15.3. The van der Waals surface area contributed by atoms with E-state index in [1.54, 1.807) is 24.3 Å². The maximum atomic E-state index is 12.9. The zero-order valence-electron chi connectivity index (χ0n) is 21.5. The molecule has 36 heavy (non-hydrogen) atoms. The van der Waals surface area contributed by atoms with Crippen LogP contribution in [0, 0.1) is 0 Å². The van der Waals surface area contributed by atoms with E-state index in [1.165, 1.54) is 0 Å². The Morgan fingerprint density at radius 1 is 1.00 bits per heavy atom. The molecule has 2 N–H and O–H groups in total. The molecule has 7 nitrogen and oxygen atoms in total. The molecule has 0 radical (unpaired) electrons. The molecule has 1 atom stereocenters. The summed E-state index contributed by atoms with van der Waals surface area (Å²) in [6.45, 7) is 8.87. The van der Waals surface area contributed by atoms with E-state index >= 15 is 0 Å². The second-order valence-corrected chi connectivity index (χ2v) is 9.81. The number of rotatable bonds is 13. The number of ether oxygens (including phenoxy) is 1. The van der Waals surface area contributed by atoms with Crippen molar-refractivity contribution in [3.05, 3.63) is 64.7 Å². The lowest BCUT2D eigenvalue weighted by atomic mass is 10.0. The number of nitrogens with one attached hydrogen (secondary N) is 2. The molecular formula is C28H39ClN4O3. The van der Waals surface area contributed by atoms with E-state index in [-0.39, 0.29) is 11.8 Å². The third kappa shape index (κ3) is 9.45. The van der Waals surface area contributed by atoms with E-state index in [9.17, 15) is 9.59 Å². The second-order valence-electron chi connectivity index (χ2n) is 9.37. The Bertz CT molecular complexity index is 944. The van der Waals surface area contributed by atoms with Crippen molar-refractivity contribution in [1.82, 2.24) is 20.4 Å². The zero-order valence-corrected chi connectivity index (χ0v) is 22.2. The molecule has 1 aliphatic heterocycles. The average molecular weight is 515 g/mol. The van der Waals surface area contributed by atoms with Gasteiger partial charge in [0.05, 0.1) is 6.61 Å². The monoisotopic (exact) mass is 514 g/mol. The smallest absolute Gasteiger partial charge is 0.251 e. The summed E-state index contributed by atoms with van der Waals surface area (Å²) in [4.78, 5) is 30.5. The molecule has 1 heterocycles. The summed E-state index contributed by atoms with van der Waals surface area (Å²) in [5, 5.41) is 6.38. The highest BCUT2D eigenvalue weighted by Crippen LogP contribution is 2.15. The van der Waals surface area contributed by atoms with Gasteiger partial charge in [-0.2, -0.15) is 0 Å². The summed E-state index contributed by atoms with van der Waals surface area (Å²) >= 11 is 5.93. The SMILES string of the molecule is CCCCNC(=O)C(Cc1ccc(OCCCN2CCN(C)CC2)cc1)NC(=O)c1ccc(Cl)cc1. The van der Waals surface area contributed by atoms with Crippen LogP contribution in [0.5, 0.6) is 5.75 Å². The fourth-order valence-electron chi connectivity index (χ4n) is 4.07. The molecule has 2 aromatic rings. The number of hydrogen-bond donors (Lipinski definition) is 2. The summed E-state index contributed by atoms with van der Waals surface area (Å²) in [5.41, 5.74) is 1.41. The van der Waals surface area contributed by atoms with Crippen molar-refractivity contribution in [2.45, 2.75) is 38.6 Å². The van der Waals surface area contributed by atoms with Gasteiger partial charge in [0.2, 0.25) is 5.91 Å². The minimum Gasteiger partial charge on any atom is -0.494 e. The van der Waals surface area contributed by atoms with E-state index < -0.39 is 6.04 Å². The Hall–Kier alpha value is -2.61. The Morgan fingerprint density at radius 2 is 1.69 bits per heavy atom. The largest absolute Gasteiger partial charge is 0.494 e. The van der Waals surface area contributed by atoms with E-state index in [2.05, 4.69) is 34.4 Å². The van der Waals surface area contributed by atoms with E-state index in [0.717, 1.165) is 63.3 Å². The predicted molar refractivity (Wildman–Crippen MR) is 145 cm³/mol. The van der Waals surface area contributed by atoms with Gasteiger partial charge in [-0.15, -0.1) is 0 Å². The van der Waals surface area contributed by atoms with Crippen LogP contribution in [0.3, 0.4) is 0 Å². The lowest BCUT2D eigenvalue weighted by molar-refractivity contribution is -0.122. The molecule has 2 amide bonds. The topological polar surface area (TPSA) is 73.9 Å². The molecule has 1 aliphatic rings. The van der Waals surface area contributed by atoms with Gasteiger partial charge in [-0.25, -0.2) is 0 Å². The van der Waals surface area contributed by atoms with Crippen LogP contribution in [0.2, 0.25) is 5.02 Å². The van der Waals surface area contributed by atoms with Crippen LogP contribution in [0.1, 0.15) is 42.1 Å². The van der Waals surface area contributed by atoms with Gasteiger partial charge in [0, 0.05) is 56.3 Å². The number of likely N-dealkylation sites (N-methyl/N-ethyl adjacent to an activating group) is 1. The lowest BCUT2D eigenvalue weighted by Crippen LogP contribution is -2.48. The molecule has 196 valence electrons. The summed E-state index contributed by atoms with van der Waals surface area (Å²) in [5.74, 6) is 0.323. The number of hydrogen-bond acceptors (Lipinski definition) is 5. The van der Waals surface area contributed by atoms with Gasteiger partial charge in [0.15, 0.2) is 0 Å². The number of halogens is 1. The first-order chi connectivity index (χ1) is 17.4. The highest BCUT2D eigenvalue weighted by molar-refractivity contribution is 6.30. The Labute approximate surface area is 220 Å². The van der Waals surface area contributed by atoms with Crippen molar-refractivity contribution in [2.24, 2.45) is 0 Å². The third-order valence-corrected chi connectivity index (χ3v) is 6.66. The van der Waals surface area contributed by atoms with Gasteiger partial charge in [-0.1, -0.05) is 37.1 Å². The van der Waals surface area contributed by atoms with E-state index in [4.69, 9.17) is 16.3 Å². The Morgan fingerprint density at radius 3 is 2.36 bits per heavy atom. The zero-order chi connectivity index (χ0) is 25.8. The van der Waals surface area contributed by atoms with Gasteiger partial charge in [-0.05, 0) is 61.9 Å². The maximum Gasteiger partial charge on any atom is 0.251 e. The van der Waals surface area contributed by atoms with Crippen molar-refractivity contribution in [3.8, 4) is 5.75 Å². The summed E-state index contributed by atoms with van der Waals surface area (Å²) < 4.78 is 5.93. The van der Waals surface area contributed by atoms with Crippen molar-refractivity contribution in [2.75, 3.05) is 52.9 Å². The molecule has 2 aromatic carbocycles. The van der Waals surface area contributed by atoms with Crippen molar-refractivity contribution in [3.63, 3.8) is 0 Å². The number of carbonyl (C=O) groups is 2. The Kier molecular flexibility index (Phi) is 11.5. The lowest BCUT2D eigenvalue weighted by Gasteiger charge is -2.32. The number of amides is 2. The number of nitrogens with zero attached hydrogens (tertiary/aromatic N) is 2. The molecule has 1 saturated heterocycles. The number of piperazine rings is 1. The van der Waals surface area contributed by atoms with E-state index in [1.807, 2.05) is 24.3 Å². The molecule has 0 saturated carbocycles. The minimum atomic E-state index is -0.680. The molecule has 0 bridgehead atoms. The summed E-state index contributed by atoms with van der Waals surface area (Å²) in [6.07, 6.45) is 3.26. The quantitative estimate of drug-likeness (QED) is 0.399. The fraction of sp³-hybridized carbons (Fsp3) is 0.500. The first kappa shape index (κ1) is 28.0. The van der Waals surface area contributed by atoms with E-state index in [0.29, 0.717) is 30.2 Å². The van der Waals surface area contributed by atoms with Crippen LogP contribution in [-0.2, 0) is 11.2 Å². The van der Waals surface area contributed by atoms with Crippen LogP contribution >= 0.6 is 11.6 Å². The molecule has 0 aromatic heterocycles. The predicted octanol–water partition coefficient (Wildman–Crippen LogP) is 3.61. The van der Waals surface area contributed by atoms with Gasteiger partial charge >= 0.3 is 0 Å². The first-order valence-corrected chi connectivity index (χ1v) is 13.3. The number of benzene rings is 2. The highest BCUT2D eigenvalue weighted by atomic mass is 35.5. The second kappa shape index (κ2) is 14.8. The van der Waals surface area contributed by atoms with Crippen LogP contribution in [-0.4, -0.2) is 80.6 Å². The minimum absolute atomic E-state index is 0.185. The van der Waals surface area contributed by atoms with Gasteiger partial charge in [-0.3, -0.25) is 9.59 Å². The summed E-state index contributed by atoms with van der Waals surface area (Å²) in [7, 11) is 2.17. The number of unbranched alkanes of at least 4 members (excludes halogenated alkanes) is 1. The molecule has 3 rings (SSSR count). The Balaban J connectivity index is 1.51. The fourth-order valence-corrected chi connectivity index (χ4v) is 4.20. The van der Waals surface area contributed by atoms with Crippen LogP contribution in [0.4, 0.5) is 0 Å². The first-order valence-electron chi connectivity index (χ1n) is 12.9. The van der Waals surface area contributed by atoms with Crippen LogP contribution < -0.4 is 15.4 Å². The standard InChI is InChI=1S/C28H39ClN4O3/c1-3-4-14-30-28(35)26(31-27(34)23-8-10-24(29)11-9-23)21-22-6-12-25(13-7-22)36-20-5-15-33-18-16-32(2)17-19-33/h6-13,26H,3-5,14-21H2,1-2H3,(H,30,35)(H,31,34). The van der Waals surface area contributed by atoms with Crippen molar-refractivity contribution >= 4 is 23.4 Å². The van der Waals surface area contributed by atoms with Crippen molar-refractivity contribution < 1.29 is 14.3 Å². The molecular weight excluding hydrogens is 476 g/mol. The molecule has 1 unspecified atom stereocenters. The van der Waals surface area contributed by atoms with Crippen LogP contribution in [0.15, 0.2) is 48.5 Å². The summed E-state index contributed by atoms with van der Waals surface area (Å²) in [6, 6.07) is 13.7. The third-order valence-electron chi connectivity index (χ3n) is 6.40. The molecule has 8 heteroatoms. The maximum absolute atomic E-state index is 12.9. The molecule has 0 spiro atoms. The van der Waals surface area contributed by atoms with Crippen molar-refractivity contribution in [1.29, 1.82) is 0 Å². The van der Waals surface area contributed by atoms with Gasteiger partial charge < -0.3 is 25.2 Å². The highest BCUT2D eigenvalue weighted by Gasteiger charge is 2.22. The molecule has 1 fully saturated rings.